The molecule has 0 bridgehead atoms. The summed E-state index contributed by atoms with van der Waals surface area (Å²) in [5.41, 5.74) is 9.71. The summed E-state index contributed by atoms with van der Waals surface area (Å²) in [7, 11) is -1.57. The molecule has 1 heterocycles. The number of rotatable bonds is 4. The lowest BCUT2D eigenvalue weighted by Crippen LogP contribution is -2.30. The molecular formula is C33H26BNO3. The Balaban J connectivity index is 1.58. The zero-order valence-corrected chi connectivity index (χ0v) is 21.2. The van der Waals surface area contributed by atoms with Gasteiger partial charge in [-0.3, -0.25) is 0 Å². The van der Waals surface area contributed by atoms with E-state index in [4.69, 9.17) is 4.42 Å². The van der Waals surface area contributed by atoms with E-state index in [9.17, 15) is 10.0 Å². The van der Waals surface area contributed by atoms with Gasteiger partial charge in [-0.1, -0.05) is 86.6 Å². The molecule has 184 valence electrons. The summed E-state index contributed by atoms with van der Waals surface area (Å²) in [6, 6.07) is 36.8. The van der Waals surface area contributed by atoms with Crippen molar-refractivity contribution in [2.45, 2.75) is 19.3 Å². The van der Waals surface area contributed by atoms with Crippen LogP contribution in [0.15, 0.2) is 114 Å². The molecule has 1 aliphatic rings. The average Bonchev–Trinajstić information content (AvgIpc) is 3.43. The van der Waals surface area contributed by atoms with E-state index in [1.165, 1.54) is 22.3 Å². The molecule has 6 aromatic rings. The second-order valence-corrected chi connectivity index (χ2v) is 10.4. The van der Waals surface area contributed by atoms with Gasteiger partial charge in [0.15, 0.2) is 0 Å². The molecule has 7 rings (SSSR count). The zero-order valence-electron chi connectivity index (χ0n) is 21.2. The molecule has 0 aliphatic heterocycles. The first-order valence-electron chi connectivity index (χ1n) is 12.8. The Labute approximate surface area is 221 Å². The molecular weight excluding hydrogens is 469 g/mol. The van der Waals surface area contributed by atoms with Crippen LogP contribution in [0.2, 0.25) is 0 Å². The molecule has 2 N–H and O–H groups in total. The third-order valence-corrected chi connectivity index (χ3v) is 7.85. The van der Waals surface area contributed by atoms with Gasteiger partial charge in [0.05, 0.1) is 16.8 Å². The first kappa shape index (κ1) is 22.8. The van der Waals surface area contributed by atoms with Gasteiger partial charge in [0.2, 0.25) is 0 Å². The lowest BCUT2D eigenvalue weighted by Gasteiger charge is -2.32. The highest BCUT2D eigenvalue weighted by atomic mass is 16.4. The van der Waals surface area contributed by atoms with E-state index in [1.54, 1.807) is 6.07 Å². The van der Waals surface area contributed by atoms with Crippen molar-refractivity contribution >= 4 is 51.6 Å². The first-order chi connectivity index (χ1) is 18.4. The number of fused-ring (bicyclic) bond motifs is 6. The Morgan fingerprint density at radius 3 is 2.24 bits per heavy atom. The van der Waals surface area contributed by atoms with E-state index < -0.39 is 7.12 Å². The molecule has 0 saturated heterocycles. The number of furan rings is 1. The molecule has 0 saturated carbocycles. The highest BCUT2D eigenvalue weighted by Gasteiger charge is 2.39. The molecule has 0 unspecified atom stereocenters. The van der Waals surface area contributed by atoms with E-state index in [0.29, 0.717) is 5.46 Å². The molecule has 0 amide bonds. The molecule has 1 aliphatic carbocycles. The normalized spacial score (nSPS) is 13.5. The maximum atomic E-state index is 10.0. The summed E-state index contributed by atoms with van der Waals surface area (Å²) in [5.74, 6) is 0. The van der Waals surface area contributed by atoms with Gasteiger partial charge in [-0.25, -0.2) is 0 Å². The lowest BCUT2D eigenvalue weighted by atomic mass is 9.79. The smallest absolute Gasteiger partial charge is 0.456 e. The highest BCUT2D eigenvalue weighted by molar-refractivity contribution is 6.58. The number of benzene rings is 5. The number of anilines is 3. The van der Waals surface area contributed by atoms with Crippen LogP contribution in [-0.4, -0.2) is 17.2 Å². The minimum absolute atomic E-state index is 0.235. The second kappa shape index (κ2) is 8.35. The van der Waals surface area contributed by atoms with Crippen LogP contribution in [0, 0.1) is 0 Å². The van der Waals surface area contributed by atoms with Crippen LogP contribution in [0.5, 0.6) is 0 Å². The van der Waals surface area contributed by atoms with Gasteiger partial charge in [-0.05, 0) is 64.1 Å². The highest BCUT2D eigenvalue weighted by Crippen LogP contribution is 2.54. The lowest BCUT2D eigenvalue weighted by molar-refractivity contribution is 0.426. The number of hydrogen-bond acceptors (Lipinski definition) is 4. The summed E-state index contributed by atoms with van der Waals surface area (Å²) < 4.78 is 6.25. The van der Waals surface area contributed by atoms with Gasteiger partial charge < -0.3 is 19.4 Å². The summed E-state index contributed by atoms with van der Waals surface area (Å²) in [5, 5.41) is 22.1. The van der Waals surface area contributed by atoms with Gasteiger partial charge in [-0.15, -0.1) is 0 Å². The van der Waals surface area contributed by atoms with Crippen LogP contribution in [0.4, 0.5) is 17.1 Å². The second-order valence-electron chi connectivity index (χ2n) is 10.4. The van der Waals surface area contributed by atoms with E-state index in [-0.39, 0.29) is 5.41 Å². The molecule has 5 heteroatoms. The summed E-state index contributed by atoms with van der Waals surface area (Å²) in [4.78, 5) is 2.24. The molecule has 4 nitrogen and oxygen atoms in total. The molecule has 0 spiro atoms. The van der Waals surface area contributed by atoms with Crippen LogP contribution in [0.3, 0.4) is 0 Å². The van der Waals surface area contributed by atoms with E-state index in [0.717, 1.165) is 39.0 Å². The van der Waals surface area contributed by atoms with Crippen LogP contribution >= 0.6 is 0 Å². The van der Waals surface area contributed by atoms with Crippen molar-refractivity contribution in [2.75, 3.05) is 4.90 Å². The van der Waals surface area contributed by atoms with E-state index in [1.807, 2.05) is 48.5 Å². The number of nitrogens with zero attached hydrogens (tertiary/aromatic N) is 1. The van der Waals surface area contributed by atoms with Gasteiger partial charge in [-0.2, -0.15) is 0 Å². The standard InChI is InChI=1S/C33H26BNO3/c1-33(2)26-15-5-3-12-23(26)24-14-8-17-28(32(24)33)35(22-11-7-10-21(20-22)34(36)37)27-16-9-19-30-31(27)25-13-4-6-18-29(25)38-30/h3-20,36-37H,1-2H3. The fraction of sp³-hybridized carbons (Fsp3) is 0.0909. The molecule has 5 aromatic carbocycles. The monoisotopic (exact) mass is 495 g/mol. The molecule has 0 atom stereocenters. The number of para-hydroxylation sites is 1. The summed E-state index contributed by atoms with van der Waals surface area (Å²) in [6.45, 7) is 4.56. The summed E-state index contributed by atoms with van der Waals surface area (Å²) in [6.07, 6.45) is 0. The minimum atomic E-state index is -1.57. The maximum absolute atomic E-state index is 10.0. The van der Waals surface area contributed by atoms with Crippen LogP contribution in [0.25, 0.3) is 33.1 Å². The van der Waals surface area contributed by atoms with Crippen molar-refractivity contribution in [2.24, 2.45) is 0 Å². The Morgan fingerprint density at radius 1 is 0.684 bits per heavy atom. The predicted molar refractivity (Wildman–Crippen MR) is 156 cm³/mol. The fourth-order valence-electron chi connectivity index (χ4n) is 6.18. The van der Waals surface area contributed by atoms with E-state index >= 15 is 0 Å². The maximum Gasteiger partial charge on any atom is 0.488 e. The molecule has 0 radical (unpaired) electrons. The van der Waals surface area contributed by atoms with Crippen molar-refractivity contribution in [3.05, 3.63) is 120 Å². The third-order valence-electron chi connectivity index (χ3n) is 7.85. The summed E-state index contributed by atoms with van der Waals surface area (Å²) >= 11 is 0. The molecule has 38 heavy (non-hydrogen) atoms. The quantitative estimate of drug-likeness (QED) is 0.258. The minimum Gasteiger partial charge on any atom is -0.456 e. The van der Waals surface area contributed by atoms with Crippen LogP contribution < -0.4 is 10.4 Å². The fourth-order valence-corrected chi connectivity index (χ4v) is 6.18. The van der Waals surface area contributed by atoms with Crippen molar-refractivity contribution in [3.63, 3.8) is 0 Å². The first-order valence-corrected chi connectivity index (χ1v) is 12.8. The van der Waals surface area contributed by atoms with Crippen molar-refractivity contribution in [3.8, 4) is 11.1 Å². The van der Waals surface area contributed by atoms with Crippen LogP contribution in [0.1, 0.15) is 25.0 Å². The van der Waals surface area contributed by atoms with E-state index in [2.05, 4.69) is 73.3 Å². The molecule has 1 aromatic heterocycles. The van der Waals surface area contributed by atoms with Crippen molar-refractivity contribution < 1.29 is 14.5 Å². The number of hydrogen-bond donors (Lipinski definition) is 2. The molecule has 0 fully saturated rings. The largest absolute Gasteiger partial charge is 0.488 e. The SMILES string of the molecule is CC1(C)c2ccccc2-c2cccc(N(c3cccc(B(O)O)c3)c3cccc4oc5ccccc5c34)c21. The average molecular weight is 495 g/mol. The van der Waals surface area contributed by atoms with Crippen molar-refractivity contribution in [1.29, 1.82) is 0 Å². The Morgan fingerprint density at radius 2 is 1.37 bits per heavy atom. The van der Waals surface area contributed by atoms with Crippen molar-refractivity contribution in [1.82, 2.24) is 0 Å². The third kappa shape index (κ3) is 3.26. The van der Waals surface area contributed by atoms with Gasteiger partial charge in [0, 0.05) is 16.5 Å². The van der Waals surface area contributed by atoms with Crippen LogP contribution in [-0.2, 0) is 5.41 Å². The topological polar surface area (TPSA) is 56.8 Å². The van der Waals surface area contributed by atoms with Gasteiger partial charge in [0.25, 0.3) is 0 Å². The Hall–Kier alpha value is -4.32. The zero-order chi connectivity index (χ0) is 26.0. The Kier molecular flexibility index (Phi) is 5.02. The Bertz CT molecular complexity index is 1850. The predicted octanol–water partition coefficient (Wildman–Crippen LogP) is 7.04. The van der Waals surface area contributed by atoms with Gasteiger partial charge in [0.1, 0.15) is 11.2 Å². The van der Waals surface area contributed by atoms with Gasteiger partial charge >= 0.3 is 7.12 Å².